The molecule has 0 spiro atoms. The van der Waals surface area contributed by atoms with Crippen molar-refractivity contribution in [1.29, 1.82) is 0 Å². The van der Waals surface area contributed by atoms with E-state index in [4.69, 9.17) is 14.8 Å². The molecule has 0 bridgehead atoms. The highest BCUT2D eigenvalue weighted by atomic mass is 31.2. The Morgan fingerprint density at radius 3 is 1.65 bits per heavy atom. The van der Waals surface area contributed by atoms with Crippen LogP contribution in [0.2, 0.25) is 0 Å². The number of hydrogen-bond acceptors (Lipinski definition) is 7. The minimum atomic E-state index is -4.41. The van der Waals surface area contributed by atoms with Gasteiger partial charge in [0, 0.05) is 6.54 Å². The predicted molar refractivity (Wildman–Crippen MR) is 218 cm³/mol. The van der Waals surface area contributed by atoms with E-state index in [2.05, 4.69) is 55.6 Å². The number of amides is 1. The zero-order chi connectivity index (χ0) is 38.4. The number of carbonyl (C=O) groups is 1. The molecule has 0 radical (unpaired) electrons. The standard InChI is InChI=1S/C42H79N2O7P/c1-3-5-7-9-11-13-15-17-18-19-20-21-22-23-25-27-29-31-33-39(45)37-42(47)44-40(38-51-52(48,49)50-36-35-43)41(46)34-32-30-28-26-24-16-14-12-10-8-6-4-2/h10,12,20-21,24,26,32,34,39-41,45-46H,3-9,11,13-19,22-23,25,27-31,33,35-38,43H2,1-2H3,(H,44,47)(H,48,49)/b12-10+,21-20-,26-24+,34-32+. The number of phosphoric acid groups is 1. The molecule has 0 heterocycles. The zero-order valence-electron chi connectivity index (χ0n) is 33.1. The van der Waals surface area contributed by atoms with Gasteiger partial charge in [-0.1, -0.05) is 152 Å². The van der Waals surface area contributed by atoms with Crippen molar-refractivity contribution in [3.05, 3.63) is 48.6 Å². The quantitative estimate of drug-likeness (QED) is 0.0237. The zero-order valence-corrected chi connectivity index (χ0v) is 34.0. The van der Waals surface area contributed by atoms with E-state index in [0.29, 0.717) is 12.8 Å². The minimum absolute atomic E-state index is 0.0399. The molecule has 0 saturated heterocycles. The Labute approximate surface area is 318 Å². The lowest BCUT2D eigenvalue weighted by molar-refractivity contribution is -0.124. The second kappa shape index (κ2) is 37.7. The van der Waals surface area contributed by atoms with Crippen LogP contribution in [0.1, 0.15) is 174 Å². The summed E-state index contributed by atoms with van der Waals surface area (Å²) in [6.07, 6.45) is 42.0. The fourth-order valence-electron chi connectivity index (χ4n) is 5.72. The Morgan fingerprint density at radius 1 is 0.654 bits per heavy atom. The first-order valence-corrected chi connectivity index (χ1v) is 22.3. The van der Waals surface area contributed by atoms with Crippen molar-refractivity contribution in [3.63, 3.8) is 0 Å². The van der Waals surface area contributed by atoms with E-state index in [0.717, 1.165) is 57.8 Å². The molecule has 0 aromatic carbocycles. The van der Waals surface area contributed by atoms with Crippen LogP contribution in [0.5, 0.6) is 0 Å². The van der Waals surface area contributed by atoms with Gasteiger partial charge in [0.25, 0.3) is 0 Å². The third-order valence-electron chi connectivity index (χ3n) is 8.91. The van der Waals surface area contributed by atoms with Gasteiger partial charge in [0.2, 0.25) is 5.91 Å². The van der Waals surface area contributed by atoms with Gasteiger partial charge in [-0.15, -0.1) is 0 Å². The molecule has 1 amide bonds. The molecule has 0 aromatic rings. The Balaban J connectivity index is 4.37. The van der Waals surface area contributed by atoms with E-state index < -0.39 is 38.6 Å². The van der Waals surface area contributed by atoms with Crippen LogP contribution in [-0.4, -0.2) is 59.0 Å². The molecule has 52 heavy (non-hydrogen) atoms. The summed E-state index contributed by atoms with van der Waals surface area (Å²) in [5.41, 5.74) is 5.35. The molecule has 0 saturated carbocycles. The van der Waals surface area contributed by atoms with Crippen molar-refractivity contribution in [1.82, 2.24) is 5.32 Å². The third kappa shape index (κ3) is 35.4. The molecule has 304 valence electrons. The SMILES string of the molecule is CCCC/C=C/CC/C=C/CC/C=C/C(O)C(COP(=O)(O)OCCN)NC(=O)CC(O)CCCCCCC/C=C\CCCCCCCCCCC. The van der Waals surface area contributed by atoms with Gasteiger partial charge in [-0.3, -0.25) is 13.8 Å². The van der Waals surface area contributed by atoms with Gasteiger partial charge >= 0.3 is 7.82 Å². The van der Waals surface area contributed by atoms with Crippen LogP contribution in [0.25, 0.3) is 0 Å². The van der Waals surface area contributed by atoms with E-state index in [9.17, 15) is 24.5 Å². The summed E-state index contributed by atoms with van der Waals surface area (Å²) in [6.45, 7) is 3.87. The molecule has 0 aliphatic carbocycles. The van der Waals surface area contributed by atoms with Crippen LogP contribution in [0, 0.1) is 0 Å². The van der Waals surface area contributed by atoms with Crippen molar-refractivity contribution in [3.8, 4) is 0 Å². The predicted octanol–water partition coefficient (Wildman–Crippen LogP) is 10.3. The maximum atomic E-state index is 12.8. The highest BCUT2D eigenvalue weighted by Crippen LogP contribution is 2.43. The van der Waals surface area contributed by atoms with Crippen LogP contribution in [0.3, 0.4) is 0 Å². The minimum Gasteiger partial charge on any atom is -0.393 e. The number of nitrogens with one attached hydrogen (secondary N) is 1. The first-order valence-electron chi connectivity index (χ1n) is 20.8. The number of unbranched alkanes of at least 4 members (excludes halogenated alkanes) is 18. The summed E-state index contributed by atoms with van der Waals surface area (Å²) >= 11 is 0. The van der Waals surface area contributed by atoms with Gasteiger partial charge in [0.15, 0.2) is 0 Å². The Hall–Kier alpha value is -1.58. The number of aliphatic hydroxyl groups is 2. The van der Waals surface area contributed by atoms with Gasteiger partial charge in [-0.05, 0) is 64.2 Å². The number of nitrogens with two attached hydrogens (primary N) is 1. The van der Waals surface area contributed by atoms with Crippen molar-refractivity contribution < 1.29 is 33.5 Å². The maximum absolute atomic E-state index is 12.8. The summed E-state index contributed by atoms with van der Waals surface area (Å²) in [5, 5.41) is 23.9. The monoisotopic (exact) mass is 755 g/mol. The molecular weight excluding hydrogens is 675 g/mol. The number of rotatable bonds is 38. The normalized spacial score (nSPS) is 15.3. The molecule has 0 aliphatic rings. The first-order chi connectivity index (χ1) is 25.3. The van der Waals surface area contributed by atoms with Gasteiger partial charge in [0.05, 0.1) is 37.9 Å². The first kappa shape index (κ1) is 50.4. The van der Waals surface area contributed by atoms with E-state index in [1.54, 1.807) is 6.08 Å². The fraction of sp³-hybridized carbons (Fsp3) is 0.786. The van der Waals surface area contributed by atoms with Crippen molar-refractivity contribution in [2.75, 3.05) is 19.8 Å². The fourth-order valence-corrected chi connectivity index (χ4v) is 6.48. The molecule has 0 aromatic heterocycles. The molecule has 0 fully saturated rings. The topological polar surface area (TPSA) is 151 Å². The third-order valence-corrected chi connectivity index (χ3v) is 9.89. The van der Waals surface area contributed by atoms with E-state index >= 15 is 0 Å². The highest BCUT2D eigenvalue weighted by molar-refractivity contribution is 7.47. The molecule has 9 nitrogen and oxygen atoms in total. The van der Waals surface area contributed by atoms with Crippen LogP contribution >= 0.6 is 7.82 Å². The summed E-state index contributed by atoms with van der Waals surface area (Å²) < 4.78 is 22.0. The number of aliphatic hydroxyl groups excluding tert-OH is 2. The Bertz CT molecular complexity index is 972. The number of carbonyl (C=O) groups excluding carboxylic acids is 1. The van der Waals surface area contributed by atoms with Crippen LogP contribution < -0.4 is 11.1 Å². The lowest BCUT2D eigenvalue weighted by atomic mass is 10.0. The molecule has 0 rings (SSSR count). The van der Waals surface area contributed by atoms with E-state index in [1.807, 2.05) is 6.08 Å². The molecular formula is C42H79N2O7P. The van der Waals surface area contributed by atoms with Gasteiger partial charge in [-0.25, -0.2) is 4.57 Å². The molecule has 10 heteroatoms. The second-order valence-corrected chi connectivity index (χ2v) is 15.5. The second-order valence-electron chi connectivity index (χ2n) is 14.0. The molecule has 0 aliphatic heterocycles. The number of allylic oxidation sites excluding steroid dienone is 7. The highest BCUT2D eigenvalue weighted by Gasteiger charge is 2.27. The van der Waals surface area contributed by atoms with Crippen LogP contribution in [0.4, 0.5) is 0 Å². The largest absolute Gasteiger partial charge is 0.472 e. The summed E-state index contributed by atoms with van der Waals surface area (Å²) in [6, 6.07) is -1.01. The summed E-state index contributed by atoms with van der Waals surface area (Å²) in [7, 11) is -4.41. The van der Waals surface area contributed by atoms with Crippen LogP contribution in [0.15, 0.2) is 48.6 Å². The number of hydrogen-bond donors (Lipinski definition) is 5. The Kier molecular flexibility index (Phi) is 36.6. The lowest BCUT2D eigenvalue weighted by Gasteiger charge is -2.24. The number of phosphoric ester groups is 1. The summed E-state index contributed by atoms with van der Waals surface area (Å²) in [5.74, 6) is -0.468. The lowest BCUT2D eigenvalue weighted by Crippen LogP contribution is -2.46. The van der Waals surface area contributed by atoms with Crippen molar-refractivity contribution >= 4 is 13.7 Å². The summed E-state index contributed by atoms with van der Waals surface area (Å²) in [4.78, 5) is 22.7. The van der Waals surface area contributed by atoms with Crippen molar-refractivity contribution in [2.24, 2.45) is 5.73 Å². The van der Waals surface area contributed by atoms with Gasteiger partial charge < -0.3 is 26.2 Å². The average molecular weight is 755 g/mol. The van der Waals surface area contributed by atoms with Crippen LogP contribution in [-0.2, 0) is 18.4 Å². The Morgan fingerprint density at radius 2 is 1.12 bits per heavy atom. The maximum Gasteiger partial charge on any atom is 0.472 e. The van der Waals surface area contributed by atoms with E-state index in [-0.39, 0.29) is 19.6 Å². The van der Waals surface area contributed by atoms with Gasteiger partial charge in [-0.2, -0.15) is 0 Å². The van der Waals surface area contributed by atoms with E-state index in [1.165, 1.54) is 83.5 Å². The van der Waals surface area contributed by atoms with Gasteiger partial charge in [0.1, 0.15) is 0 Å². The smallest absolute Gasteiger partial charge is 0.393 e. The molecule has 4 unspecified atom stereocenters. The average Bonchev–Trinajstić information content (AvgIpc) is 3.12. The van der Waals surface area contributed by atoms with Crippen molar-refractivity contribution in [2.45, 2.75) is 193 Å². The molecule has 6 N–H and O–H groups in total. The molecule has 4 atom stereocenters.